The SMILES string of the molecule is Cc1c2ccccc2c2ccccc2[n+]1C. The lowest BCUT2D eigenvalue weighted by Gasteiger charge is -2.05. The molecule has 0 radical (unpaired) electrons. The molecule has 3 rings (SSSR count). The van der Waals surface area contributed by atoms with Gasteiger partial charge in [0.25, 0.3) is 0 Å². The smallest absolute Gasteiger partial charge is 0.198 e. The van der Waals surface area contributed by atoms with Gasteiger partial charge in [-0.05, 0) is 12.1 Å². The van der Waals surface area contributed by atoms with Crippen molar-refractivity contribution in [3.8, 4) is 0 Å². The topological polar surface area (TPSA) is 3.88 Å². The molecule has 16 heavy (non-hydrogen) atoms. The van der Waals surface area contributed by atoms with E-state index in [1.807, 2.05) is 0 Å². The fraction of sp³-hybridized carbons (Fsp3) is 0.133. The van der Waals surface area contributed by atoms with Gasteiger partial charge in [0.1, 0.15) is 7.05 Å². The van der Waals surface area contributed by atoms with Crippen molar-refractivity contribution >= 4 is 21.7 Å². The van der Waals surface area contributed by atoms with Gasteiger partial charge in [0.2, 0.25) is 5.52 Å². The fourth-order valence-corrected chi connectivity index (χ4v) is 2.39. The zero-order valence-corrected chi connectivity index (χ0v) is 9.57. The van der Waals surface area contributed by atoms with Crippen LogP contribution in [0.4, 0.5) is 0 Å². The standard InChI is InChI=1S/C15H14N/c1-11-12-7-3-4-8-13(12)14-9-5-6-10-15(14)16(11)2/h3-10H,1-2H3/q+1. The average Bonchev–Trinajstić information content (AvgIpc) is 2.36. The van der Waals surface area contributed by atoms with E-state index >= 15 is 0 Å². The number of benzene rings is 2. The normalized spacial score (nSPS) is 11.1. The van der Waals surface area contributed by atoms with Crippen LogP contribution in [0.1, 0.15) is 5.69 Å². The molecule has 0 aliphatic carbocycles. The van der Waals surface area contributed by atoms with Gasteiger partial charge < -0.3 is 0 Å². The maximum atomic E-state index is 2.26. The Bertz CT molecular complexity index is 623. The monoisotopic (exact) mass is 208 g/mol. The lowest BCUT2D eigenvalue weighted by atomic mass is 10.0. The summed E-state index contributed by atoms with van der Waals surface area (Å²) in [6, 6.07) is 17.2. The maximum Gasteiger partial charge on any atom is 0.213 e. The Labute approximate surface area is 95.0 Å². The van der Waals surface area contributed by atoms with Crippen molar-refractivity contribution in [3.05, 3.63) is 54.2 Å². The molecule has 0 saturated heterocycles. The molecule has 1 nitrogen and oxygen atoms in total. The van der Waals surface area contributed by atoms with E-state index in [4.69, 9.17) is 0 Å². The molecule has 0 saturated carbocycles. The maximum absolute atomic E-state index is 2.26. The predicted molar refractivity (Wildman–Crippen MR) is 67.4 cm³/mol. The summed E-state index contributed by atoms with van der Waals surface area (Å²) in [6.07, 6.45) is 0. The fourth-order valence-electron chi connectivity index (χ4n) is 2.39. The van der Waals surface area contributed by atoms with Gasteiger partial charge >= 0.3 is 0 Å². The lowest BCUT2D eigenvalue weighted by molar-refractivity contribution is -0.649. The summed E-state index contributed by atoms with van der Waals surface area (Å²) in [4.78, 5) is 0. The summed E-state index contributed by atoms with van der Waals surface area (Å²) in [7, 11) is 2.13. The van der Waals surface area contributed by atoms with Crippen LogP contribution in [-0.2, 0) is 7.05 Å². The van der Waals surface area contributed by atoms with Crippen LogP contribution >= 0.6 is 0 Å². The zero-order valence-electron chi connectivity index (χ0n) is 9.57. The van der Waals surface area contributed by atoms with Crippen LogP contribution in [0.15, 0.2) is 48.5 Å². The molecule has 2 aromatic carbocycles. The van der Waals surface area contributed by atoms with Gasteiger partial charge in [0.05, 0.1) is 5.39 Å². The Kier molecular flexibility index (Phi) is 1.93. The molecule has 3 aromatic rings. The molecule has 1 heteroatoms. The minimum atomic E-state index is 1.29. The van der Waals surface area contributed by atoms with E-state index < -0.39 is 0 Å². The summed E-state index contributed by atoms with van der Waals surface area (Å²) in [5, 5.41) is 4.00. The van der Waals surface area contributed by atoms with Gasteiger partial charge in [0, 0.05) is 23.8 Å². The molecule has 0 N–H and O–H groups in total. The van der Waals surface area contributed by atoms with Crippen LogP contribution < -0.4 is 4.57 Å². The summed E-state index contributed by atoms with van der Waals surface area (Å²) in [6.45, 7) is 2.18. The molecule has 78 valence electrons. The summed E-state index contributed by atoms with van der Waals surface area (Å²) in [5.41, 5.74) is 2.60. The second kappa shape index (κ2) is 3.31. The number of para-hydroxylation sites is 1. The van der Waals surface area contributed by atoms with Crippen LogP contribution in [0.5, 0.6) is 0 Å². The molecular formula is C15H14N+. The second-order valence-electron chi connectivity index (χ2n) is 4.21. The number of hydrogen-bond acceptors (Lipinski definition) is 0. The zero-order chi connectivity index (χ0) is 11.1. The van der Waals surface area contributed by atoms with Crippen LogP contribution in [0.3, 0.4) is 0 Å². The van der Waals surface area contributed by atoms with Crippen molar-refractivity contribution in [1.29, 1.82) is 0 Å². The molecule has 0 aliphatic rings. The van der Waals surface area contributed by atoms with Crippen molar-refractivity contribution in [1.82, 2.24) is 0 Å². The molecule has 0 bridgehead atoms. The van der Waals surface area contributed by atoms with Crippen LogP contribution in [0.25, 0.3) is 21.7 Å². The number of hydrogen-bond donors (Lipinski definition) is 0. The van der Waals surface area contributed by atoms with E-state index in [1.54, 1.807) is 0 Å². The molecule has 1 aromatic heterocycles. The van der Waals surface area contributed by atoms with E-state index in [1.165, 1.54) is 27.4 Å². The number of fused-ring (bicyclic) bond motifs is 3. The van der Waals surface area contributed by atoms with Gasteiger partial charge in [-0.15, -0.1) is 0 Å². The number of aryl methyl sites for hydroxylation is 2. The summed E-state index contributed by atoms with van der Waals surface area (Å²) in [5.74, 6) is 0. The molecule has 0 atom stereocenters. The van der Waals surface area contributed by atoms with Crippen LogP contribution in [-0.4, -0.2) is 0 Å². The predicted octanol–water partition coefficient (Wildman–Crippen LogP) is 3.13. The van der Waals surface area contributed by atoms with Gasteiger partial charge in [-0.1, -0.05) is 30.3 Å². The number of rotatable bonds is 0. The third kappa shape index (κ3) is 1.15. The first-order valence-electron chi connectivity index (χ1n) is 5.55. The Balaban J connectivity index is 2.69. The van der Waals surface area contributed by atoms with Gasteiger partial charge in [0.15, 0.2) is 5.69 Å². The number of pyridine rings is 1. The minimum Gasteiger partial charge on any atom is -0.198 e. The third-order valence-corrected chi connectivity index (χ3v) is 3.38. The van der Waals surface area contributed by atoms with Crippen LogP contribution in [0.2, 0.25) is 0 Å². The van der Waals surface area contributed by atoms with Crippen molar-refractivity contribution < 1.29 is 4.57 Å². The largest absolute Gasteiger partial charge is 0.213 e. The number of aromatic nitrogens is 1. The van der Waals surface area contributed by atoms with Crippen molar-refractivity contribution in [2.45, 2.75) is 6.92 Å². The first-order valence-corrected chi connectivity index (χ1v) is 5.55. The third-order valence-electron chi connectivity index (χ3n) is 3.38. The lowest BCUT2D eigenvalue weighted by Crippen LogP contribution is -2.33. The van der Waals surface area contributed by atoms with Crippen molar-refractivity contribution in [2.75, 3.05) is 0 Å². The Morgan fingerprint density at radius 1 is 0.750 bits per heavy atom. The summed E-state index contributed by atoms with van der Waals surface area (Å²) >= 11 is 0. The minimum absolute atomic E-state index is 1.29. The quantitative estimate of drug-likeness (QED) is 0.395. The average molecular weight is 208 g/mol. The van der Waals surface area contributed by atoms with Crippen molar-refractivity contribution in [2.24, 2.45) is 7.05 Å². The highest BCUT2D eigenvalue weighted by Crippen LogP contribution is 2.24. The van der Waals surface area contributed by atoms with E-state index in [2.05, 4.69) is 67.1 Å². The molecule has 0 fully saturated rings. The van der Waals surface area contributed by atoms with Gasteiger partial charge in [-0.2, -0.15) is 4.57 Å². The molecule has 0 spiro atoms. The molecule has 0 unspecified atom stereocenters. The van der Waals surface area contributed by atoms with Gasteiger partial charge in [-0.25, -0.2) is 0 Å². The highest BCUT2D eigenvalue weighted by molar-refractivity contribution is 6.04. The first kappa shape index (κ1) is 9.34. The molecule has 0 aliphatic heterocycles. The molecular weight excluding hydrogens is 194 g/mol. The van der Waals surface area contributed by atoms with E-state index in [0.29, 0.717) is 0 Å². The van der Waals surface area contributed by atoms with E-state index in [0.717, 1.165) is 0 Å². The van der Waals surface area contributed by atoms with E-state index in [9.17, 15) is 0 Å². The van der Waals surface area contributed by atoms with Crippen LogP contribution in [0, 0.1) is 6.92 Å². The summed E-state index contributed by atoms with van der Waals surface area (Å²) < 4.78 is 2.26. The van der Waals surface area contributed by atoms with Gasteiger partial charge in [-0.3, -0.25) is 0 Å². The Hall–Kier alpha value is -1.89. The van der Waals surface area contributed by atoms with Crippen molar-refractivity contribution in [3.63, 3.8) is 0 Å². The molecule has 0 amide bonds. The highest BCUT2D eigenvalue weighted by Gasteiger charge is 2.13. The second-order valence-corrected chi connectivity index (χ2v) is 4.21. The number of nitrogens with zero attached hydrogens (tertiary/aromatic N) is 1. The van der Waals surface area contributed by atoms with E-state index in [-0.39, 0.29) is 0 Å². The first-order chi connectivity index (χ1) is 7.79. The highest BCUT2D eigenvalue weighted by atomic mass is 14.9. The molecule has 1 heterocycles. The Morgan fingerprint density at radius 3 is 2.06 bits per heavy atom. The Morgan fingerprint density at radius 2 is 1.31 bits per heavy atom.